The van der Waals surface area contributed by atoms with Crippen LogP contribution in [0, 0.1) is 0 Å². The average Bonchev–Trinajstić information content (AvgIpc) is 2.72. The monoisotopic (exact) mass is 430 g/mol. The fourth-order valence-electron chi connectivity index (χ4n) is 3.07. The predicted molar refractivity (Wildman–Crippen MR) is 121 cm³/mol. The van der Waals surface area contributed by atoms with Gasteiger partial charge in [0.05, 0.1) is 24.5 Å². The van der Waals surface area contributed by atoms with Crippen molar-refractivity contribution in [1.29, 1.82) is 0 Å². The zero-order valence-electron chi connectivity index (χ0n) is 16.8. The number of nitrogens with zero attached hydrogens (tertiary/aromatic N) is 3. The van der Waals surface area contributed by atoms with E-state index in [2.05, 4.69) is 21.9 Å². The van der Waals surface area contributed by atoms with E-state index in [4.69, 9.17) is 15.2 Å². The zero-order chi connectivity index (χ0) is 20.7. The van der Waals surface area contributed by atoms with Gasteiger partial charge in [0.2, 0.25) is 5.88 Å². The minimum Gasteiger partial charge on any atom is -0.474 e. The Bertz CT molecular complexity index is 873. The Balaban J connectivity index is 0.00000320. The standard InChI is InChI=1S/C21H26N4O3S.CH4/c1-3-27-8-9-28-19-14-23-17(13-24-19)18(26)12-15-5-4-6-16(11-15)21(2)7-10-29-20(22)25-21;/h4-6,11,13-14H,3,7-10,12H2,1-2H3,(H2,22,25);1H4/t21-;/m0./s1. The van der Waals surface area contributed by atoms with Gasteiger partial charge < -0.3 is 15.2 Å². The summed E-state index contributed by atoms with van der Waals surface area (Å²) in [7, 11) is 0. The van der Waals surface area contributed by atoms with Gasteiger partial charge in [-0.1, -0.05) is 43.5 Å². The summed E-state index contributed by atoms with van der Waals surface area (Å²) in [6.45, 7) is 5.53. The van der Waals surface area contributed by atoms with Gasteiger partial charge in [-0.2, -0.15) is 0 Å². The number of nitrogens with two attached hydrogens (primary N) is 1. The molecule has 0 radical (unpaired) electrons. The number of benzene rings is 1. The number of aromatic nitrogens is 2. The molecule has 2 aromatic rings. The number of Topliss-reactive ketones (excluding diaryl/α,β-unsaturated/α-hetero) is 1. The van der Waals surface area contributed by atoms with Gasteiger partial charge in [0.15, 0.2) is 11.0 Å². The van der Waals surface area contributed by atoms with Crippen molar-refractivity contribution >= 4 is 22.7 Å². The number of rotatable bonds is 9. The zero-order valence-corrected chi connectivity index (χ0v) is 17.6. The molecule has 1 aromatic heterocycles. The Morgan fingerprint density at radius 1 is 1.27 bits per heavy atom. The van der Waals surface area contributed by atoms with Crippen LogP contribution in [0.1, 0.15) is 49.3 Å². The Hall–Kier alpha value is -2.45. The number of aliphatic imine (C=N–C) groups is 1. The summed E-state index contributed by atoms with van der Waals surface area (Å²) in [6, 6.07) is 7.96. The molecule has 1 aromatic carbocycles. The molecule has 0 amide bonds. The van der Waals surface area contributed by atoms with Crippen molar-refractivity contribution in [1.82, 2.24) is 9.97 Å². The van der Waals surface area contributed by atoms with Crippen molar-refractivity contribution in [3.8, 4) is 5.88 Å². The van der Waals surface area contributed by atoms with E-state index >= 15 is 0 Å². The lowest BCUT2D eigenvalue weighted by atomic mass is 9.88. The minimum atomic E-state index is -0.353. The molecule has 7 nitrogen and oxygen atoms in total. The van der Waals surface area contributed by atoms with E-state index in [-0.39, 0.29) is 25.2 Å². The van der Waals surface area contributed by atoms with Crippen LogP contribution >= 0.6 is 11.8 Å². The third-order valence-electron chi connectivity index (χ3n) is 4.70. The van der Waals surface area contributed by atoms with Crippen LogP contribution in [0.3, 0.4) is 0 Å². The molecule has 30 heavy (non-hydrogen) atoms. The first-order chi connectivity index (χ1) is 14.0. The molecule has 0 fully saturated rings. The third-order valence-corrected chi connectivity index (χ3v) is 5.50. The van der Waals surface area contributed by atoms with Crippen LogP contribution in [0.15, 0.2) is 41.7 Å². The van der Waals surface area contributed by atoms with E-state index in [1.54, 1.807) is 11.8 Å². The molecule has 3 rings (SSSR count). The topological polar surface area (TPSA) is 99.7 Å². The largest absolute Gasteiger partial charge is 0.474 e. The Morgan fingerprint density at radius 3 is 2.80 bits per heavy atom. The fourth-order valence-corrected chi connectivity index (χ4v) is 4.05. The summed E-state index contributed by atoms with van der Waals surface area (Å²) in [4.78, 5) is 25.6. The molecule has 0 bridgehead atoms. The fraction of sp³-hybridized carbons (Fsp3) is 0.455. The van der Waals surface area contributed by atoms with Crippen LogP contribution in [0.25, 0.3) is 0 Å². The van der Waals surface area contributed by atoms with Crippen molar-refractivity contribution < 1.29 is 14.3 Å². The van der Waals surface area contributed by atoms with Crippen molar-refractivity contribution in [3.63, 3.8) is 0 Å². The van der Waals surface area contributed by atoms with Crippen LogP contribution < -0.4 is 10.5 Å². The highest BCUT2D eigenvalue weighted by atomic mass is 32.2. The summed E-state index contributed by atoms with van der Waals surface area (Å²) < 4.78 is 10.6. The van der Waals surface area contributed by atoms with Gasteiger partial charge in [0.25, 0.3) is 0 Å². The highest BCUT2D eigenvalue weighted by molar-refractivity contribution is 8.13. The van der Waals surface area contributed by atoms with E-state index in [1.807, 2.05) is 31.2 Å². The number of thioether (sulfide) groups is 1. The number of hydrogen-bond donors (Lipinski definition) is 1. The highest BCUT2D eigenvalue weighted by Crippen LogP contribution is 2.35. The lowest BCUT2D eigenvalue weighted by molar-refractivity contribution is 0.0986. The molecule has 0 aliphatic carbocycles. The average molecular weight is 431 g/mol. The predicted octanol–water partition coefficient (Wildman–Crippen LogP) is 3.62. The number of hydrogen-bond acceptors (Lipinski definition) is 8. The second-order valence-electron chi connectivity index (χ2n) is 6.91. The normalized spacial score (nSPS) is 18.3. The second kappa shape index (κ2) is 11.1. The second-order valence-corrected chi connectivity index (χ2v) is 8.02. The first-order valence-corrected chi connectivity index (χ1v) is 10.6. The molecule has 8 heteroatoms. The maximum atomic E-state index is 12.6. The first-order valence-electron chi connectivity index (χ1n) is 9.63. The van der Waals surface area contributed by atoms with Gasteiger partial charge in [-0.05, 0) is 31.4 Å². The number of carbonyl (C=O) groups excluding carboxylic acids is 1. The molecule has 0 saturated heterocycles. The lowest BCUT2D eigenvalue weighted by Crippen LogP contribution is -2.28. The van der Waals surface area contributed by atoms with E-state index in [1.165, 1.54) is 12.4 Å². The third kappa shape index (κ3) is 6.27. The summed E-state index contributed by atoms with van der Waals surface area (Å²) in [5, 5.41) is 0.610. The van der Waals surface area contributed by atoms with Gasteiger partial charge >= 0.3 is 0 Å². The molecule has 0 spiro atoms. The maximum absolute atomic E-state index is 12.6. The number of amidine groups is 1. The van der Waals surface area contributed by atoms with Crippen LogP contribution in [-0.4, -0.2) is 46.5 Å². The Morgan fingerprint density at radius 2 is 2.10 bits per heavy atom. The van der Waals surface area contributed by atoms with Crippen molar-refractivity contribution in [2.24, 2.45) is 10.7 Å². The summed E-state index contributed by atoms with van der Waals surface area (Å²) >= 11 is 1.58. The quantitative estimate of drug-likeness (QED) is 0.479. The van der Waals surface area contributed by atoms with Gasteiger partial charge in [0, 0.05) is 18.8 Å². The summed E-state index contributed by atoms with van der Waals surface area (Å²) in [6.07, 6.45) is 4.07. The molecule has 2 heterocycles. The maximum Gasteiger partial charge on any atom is 0.232 e. The molecule has 162 valence electrons. The van der Waals surface area contributed by atoms with Gasteiger partial charge in [-0.3, -0.25) is 9.79 Å². The van der Waals surface area contributed by atoms with Crippen molar-refractivity contribution in [2.75, 3.05) is 25.6 Å². The van der Waals surface area contributed by atoms with Gasteiger partial charge in [-0.15, -0.1) is 0 Å². The highest BCUT2D eigenvalue weighted by Gasteiger charge is 2.29. The van der Waals surface area contributed by atoms with E-state index in [0.29, 0.717) is 36.6 Å². The van der Waals surface area contributed by atoms with E-state index in [9.17, 15) is 4.79 Å². The Labute approximate surface area is 182 Å². The van der Waals surface area contributed by atoms with Crippen LogP contribution in [-0.2, 0) is 16.7 Å². The molecule has 2 N–H and O–H groups in total. The summed E-state index contributed by atoms with van der Waals surface area (Å²) in [5.41, 5.74) is 7.87. The van der Waals surface area contributed by atoms with Gasteiger partial charge in [-0.25, -0.2) is 9.97 Å². The molecule has 1 aliphatic rings. The SMILES string of the molecule is C.CCOCCOc1cnc(C(=O)Cc2cccc([C@]3(C)CCSC(N)=N3)c2)cn1. The van der Waals surface area contributed by atoms with E-state index in [0.717, 1.165) is 23.3 Å². The lowest BCUT2D eigenvalue weighted by Gasteiger charge is -2.30. The number of carbonyl (C=O) groups is 1. The smallest absolute Gasteiger partial charge is 0.232 e. The summed E-state index contributed by atoms with van der Waals surface area (Å²) in [5.74, 6) is 1.22. The van der Waals surface area contributed by atoms with Crippen LogP contribution in [0.5, 0.6) is 5.88 Å². The molecule has 0 unspecified atom stereocenters. The molecule has 0 saturated carbocycles. The Kier molecular flexibility index (Phi) is 8.80. The van der Waals surface area contributed by atoms with Crippen LogP contribution in [0.2, 0.25) is 0 Å². The molecule has 1 aliphatic heterocycles. The molecule has 1 atom stereocenters. The number of ether oxygens (including phenoxy) is 2. The molecular weight excluding hydrogens is 400 g/mol. The minimum absolute atomic E-state index is 0. The van der Waals surface area contributed by atoms with E-state index < -0.39 is 0 Å². The molecular formula is C22H30N4O3S. The number of ketones is 1. The van der Waals surface area contributed by atoms with Gasteiger partial charge in [0.1, 0.15) is 12.3 Å². The first kappa shape index (κ1) is 23.8. The van der Waals surface area contributed by atoms with Crippen molar-refractivity contribution in [2.45, 2.75) is 39.7 Å². The van der Waals surface area contributed by atoms with Crippen molar-refractivity contribution in [3.05, 3.63) is 53.5 Å². The van der Waals surface area contributed by atoms with Crippen LogP contribution in [0.4, 0.5) is 0 Å².